The van der Waals surface area contributed by atoms with E-state index >= 15 is 0 Å². The molecule has 1 saturated heterocycles. The van der Waals surface area contributed by atoms with Gasteiger partial charge in [0.2, 0.25) is 11.5 Å². The van der Waals surface area contributed by atoms with Gasteiger partial charge < -0.3 is 15.0 Å². The summed E-state index contributed by atoms with van der Waals surface area (Å²) in [5, 5.41) is 33.5. The van der Waals surface area contributed by atoms with Crippen molar-refractivity contribution in [1.82, 2.24) is 20.9 Å². The fraction of sp³-hybridized carbons (Fsp3) is 0.500. The number of ether oxygens (including phenoxy) is 1. The van der Waals surface area contributed by atoms with Crippen LogP contribution in [-0.2, 0) is 6.42 Å². The van der Waals surface area contributed by atoms with E-state index in [9.17, 15) is 10.1 Å². The Kier molecular flexibility index (Phi) is 10.9. The number of benzene rings is 2. The highest BCUT2D eigenvalue weighted by atomic mass is 16.6. The summed E-state index contributed by atoms with van der Waals surface area (Å²) < 4.78 is 10.7. The summed E-state index contributed by atoms with van der Waals surface area (Å²) in [5.41, 5.74) is 2.66. The largest absolute Gasteiger partial charge is 0.493 e. The number of fused-ring (bicyclic) bond motifs is 1. The van der Waals surface area contributed by atoms with E-state index in [4.69, 9.17) is 14.6 Å². The molecular weight excluding hydrogens is 512 g/mol. The molecule has 0 aliphatic carbocycles. The fourth-order valence-electron chi connectivity index (χ4n) is 4.81. The van der Waals surface area contributed by atoms with Gasteiger partial charge in [-0.15, -0.1) is 0 Å². The molecular formula is C28H36N8O4. The van der Waals surface area contributed by atoms with Crippen molar-refractivity contribution in [3.05, 3.63) is 52.1 Å². The molecule has 0 spiro atoms. The predicted molar refractivity (Wildman–Crippen MR) is 152 cm³/mol. The summed E-state index contributed by atoms with van der Waals surface area (Å²) in [7, 11) is 0. The van der Waals surface area contributed by atoms with Gasteiger partial charge in [0, 0.05) is 50.4 Å². The normalized spacial score (nSPS) is 13.7. The molecule has 12 nitrogen and oxygen atoms in total. The molecule has 2 N–H and O–H groups in total. The molecule has 0 radical (unpaired) electrons. The monoisotopic (exact) mass is 548 g/mol. The molecule has 212 valence electrons. The lowest BCUT2D eigenvalue weighted by Crippen LogP contribution is -2.35. The van der Waals surface area contributed by atoms with Crippen molar-refractivity contribution >= 4 is 28.4 Å². The van der Waals surface area contributed by atoms with Crippen molar-refractivity contribution < 1.29 is 14.3 Å². The Labute approximate surface area is 233 Å². The van der Waals surface area contributed by atoms with Crippen LogP contribution in [0.2, 0.25) is 0 Å². The van der Waals surface area contributed by atoms with Gasteiger partial charge in [-0.3, -0.25) is 20.4 Å². The summed E-state index contributed by atoms with van der Waals surface area (Å²) in [5.74, 6) is 1.35. The first-order chi connectivity index (χ1) is 19.7. The number of nitro benzene ring substituents is 1. The van der Waals surface area contributed by atoms with Crippen LogP contribution in [0.3, 0.4) is 0 Å². The Bertz CT molecular complexity index is 1310. The van der Waals surface area contributed by atoms with Gasteiger partial charge in [-0.25, -0.2) is 4.63 Å². The Hall–Kier alpha value is -4.40. The van der Waals surface area contributed by atoms with Crippen LogP contribution in [0.1, 0.15) is 56.9 Å². The topological polar surface area (TPSA) is 155 Å². The molecule has 0 bridgehead atoms. The van der Waals surface area contributed by atoms with Crippen LogP contribution in [0.25, 0.3) is 11.0 Å². The number of aryl methyl sites for hydroxylation is 1. The van der Waals surface area contributed by atoms with Gasteiger partial charge in [0.05, 0.1) is 11.5 Å². The van der Waals surface area contributed by atoms with E-state index in [1.54, 1.807) is 6.07 Å². The highest BCUT2D eigenvalue weighted by Gasteiger charge is 2.19. The first-order valence-electron chi connectivity index (χ1n) is 14.0. The van der Waals surface area contributed by atoms with Crippen molar-refractivity contribution in [3.63, 3.8) is 0 Å². The minimum absolute atomic E-state index is 0.0972. The van der Waals surface area contributed by atoms with Gasteiger partial charge in [-0.2, -0.15) is 5.26 Å². The van der Waals surface area contributed by atoms with Gasteiger partial charge in [0.25, 0.3) is 0 Å². The van der Waals surface area contributed by atoms with E-state index < -0.39 is 4.92 Å². The zero-order chi connectivity index (χ0) is 28.0. The summed E-state index contributed by atoms with van der Waals surface area (Å²) in [4.78, 5) is 17.5. The molecule has 0 atom stereocenters. The first-order valence-corrected chi connectivity index (χ1v) is 14.0. The molecule has 0 unspecified atom stereocenters. The van der Waals surface area contributed by atoms with E-state index in [-0.39, 0.29) is 11.2 Å². The summed E-state index contributed by atoms with van der Waals surface area (Å²) in [6, 6.07) is 11.4. The Morgan fingerprint density at radius 3 is 2.75 bits per heavy atom. The highest BCUT2D eigenvalue weighted by molar-refractivity contribution is 5.85. The van der Waals surface area contributed by atoms with Crippen LogP contribution in [0.15, 0.2) is 46.0 Å². The molecule has 1 aromatic heterocycles. The van der Waals surface area contributed by atoms with Crippen LogP contribution < -0.4 is 20.3 Å². The van der Waals surface area contributed by atoms with Crippen LogP contribution in [0.5, 0.6) is 5.75 Å². The van der Waals surface area contributed by atoms with Crippen LogP contribution >= 0.6 is 0 Å². The molecule has 1 aliphatic heterocycles. The molecule has 4 rings (SSSR count). The van der Waals surface area contributed by atoms with Crippen LogP contribution in [0, 0.1) is 21.6 Å². The molecule has 0 amide bonds. The lowest BCUT2D eigenvalue weighted by molar-refractivity contribution is -0.383. The number of anilines is 1. The number of hydrogen-bond acceptors (Lipinski definition) is 9. The number of piperidine rings is 1. The van der Waals surface area contributed by atoms with Gasteiger partial charge >= 0.3 is 5.69 Å². The maximum atomic E-state index is 11.1. The smallest absolute Gasteiger partial charge is 0.300 e. The lowest BCUT2D eigenvalue weighted by Gasteiger charge is -2.29. The number of aromatic nitrogens is 2. The second-order valence-electron chi connectivity index (χ2n) is 9.77. The minimum Gasteiger partial charge on any atom is -0.493 e. The van der Waals surface area contributed by atoms with Gasteiger partial charge in [-0.1, -0.05) is 18.9 Å². The third-order valence-corrected chi connectivity index (χ3v) is 6.89. The number of rotatable bonds is 14. The maximum absolute atomic E-state index is 11.1. The molecule has 0 saturated carbocycles. The van der Waals surface area contributed by atoms with E-state index in [1.165, 1.54) is 31.0 Å². The van der Waals surface area contributed by atoms with Crippen molar-refractivity contribution in [3.8, 4) is 11.9 Å². The Morgan fingerprint density at radius 1 is 1.10 bits per heavy atom. The molecule has 2 heterocycles. The Morgan fingerprint density at radius 2 is 1.93 bits per heavy atom. The van der Waals surface area contributed by atoms with Gasteiger partial charge in [0.1, 0.15) is 11.3 Å². The second kappa shape index (κ2) is 15.3. The Balaban J connectivity index is 1.10. The average Bonchev–Trinajstić information content (AvgIpc) is 3.47. The fourth-order valence-corrected chi connectivity index (χ4v) is 4.81. The number of unbranched alkanes of at least 4 members (excludes halogenated alkanes) is 3. The molecule has 2 aromatic carbocycles. The van der Waals surface area contributed by atoms with Gasteiger partial charge in [0.15, 0.2) is 6.19 Å². The number of non-ortho nitro benzene ring substituents is 1. The third-order valence-electron chi connectivity index (χ3n) is 6.89. The summed E-state index contributed by atoms with van der Waals surface area (Å²) >= 11 is 0. The minimum atomic E-state index is -0.480. The zero-order valence-electron chi connectivity index (χ0n) is 22.7. The van der Waals surface area contributed by atoms with E-state index in [1.807, 2.05) is 18.3 Å². The van der Waals surface area contributed by atoms with Crippen molar-refractivity contribution in [1.29, 1.82) is 5.26 Å². The zero-order valence-corrected chi connectivity index (χ0v) is 22.7. The first kappa shape index (κ1) is 28.6. The maximum Gasteiger partial charge on any atom is 0.300 e. The summed E-state index contributed by atoms with van der Waals surface area (Å²) in [6.45, 7) is 4.00. The SMILES string of the molecule is N#CNC(=NCCCOc1cccc(N2CCCCC2)c1)NCCCCCCc1ccc([N+](=O)[O-])c2nonc12. The molecule has 40 heavy (non-hydrogen) atoms. The number of nitrogens with zero attached hydrogens (tertiary/aromatic N) is 6. The lowest BCUT2D eigenvalue weighted by atomic mass is 10.0. The number of guanidine groups is 1. The van der Waals surface area contributed by atoms with Crippen LogP contribution in [-0.4, -0.2) is 54.0 Å². The number of nitriles is 1. The molecule has 1 fully saturated rings. The third kappa shape index (κ3) is 8.30. The highest BCUT2D eigenvalue weighted by Crippen LogP contribution is 2.27. The molecule has 12 heteroatoms. The standard InChI is InChI=1S/C28H36N8O4/c29-21-32-28(31-16-9-19-39-24-12-8-11-23(20-24)35-17-6-3-7-18-35)30-15-5-2-1-4-10-22-13-14-25(36(37)38)27-26(22)33-40-34-27/h8,11-14,20H,1-7,9-10,15-19H2,(H2,30,31,32). The number of aliphatic imine (C=N–C) groups is 1. The predicted octanol–water partition coefficient (Wildman–Crippen LogP) is 4.71. The van der Waals surface area contributed by atoms with Crippen molar-refractivity contribution in [2.45, 2.75) is 57.8 Å². The average molecular weight is 549 g/mol. The number of nitrogens with one attached hydrogen (secondary N) is 2. The summed E-state index contributed by atoms with van der Waals surface area (Å²) in [6.07, 6.45) is 11.0. The van der Waals surface area contributed by atoms with E-state index in [0.717, 1.165) is 62.9 Å². The number of nitro groups is 1. The number of hydrogen-bond donors (Lipinski definition) is 2. The quantitative estimate of drug-likeness (QED) is 0.0550. The van der Waals surface area contributed by atoms with Crippen molar-refractivity contribution in [2.24, 2.45) is 4.99 Å². The van der Waals surface area contributed by atoms with Crippen molar-refractivity contribution in [2.75, 3.05) is 37.7 Å². The van der Waals surface area contributed by atoms with E-state index in [2.05, 4.69) is 43.0 Å². The van der Waals surface area contributed by atoms with Crippen LogP contribution in [0.4, 0.5) is 11.4 Å². The van der Waals surface area contributed by atoms with E-state index in [0.29, 0.717) is 31.2 Å². The van der Waals surface area contributed by atoms with Gasteiger partial charge in [-0.05, 0) is 72.6 Å². The second-order valence-corrected chi connectivity index (χ2v) is 9.77. The molecule has 3 aromatic rings. The molecule has 1 aliphatic rings.